The van der Waals surface area contributed by atoms with E-state index in [4.69, 9.17) is 15.9 Å². The second-order valence-electron chi connectivity index (χ2n) is 8.96. The van der Waals surface area contributed by atoms with Gasteiger partial charge in [0.05, 0.1) is 13.1 Å². The monoisotopic (exact) mass is 519 g/mol. The van der Waals surface area contributed by atoms with E-state index in [9.17, 15) is 14.4 Å². The summed E-state index contributed by atoms with van der Waals surface area (Å²) in [4.78, 5) is 40.8. The van der Waals surface area contributed by atoms with Gasteiger partial charge in [-0.15, -0.1) is 11.3 Å². The van der Waals surface area contributed by atoms with Crippen molar-refractivity contribution in [2.45, 2.75) is 25.9 Å². The first-order chi connectivity index (χ1) is 17.8. The highest BCUT2D eigenvalue weighted by Crippen LogP contribution is 2.24. The Balaban J connectivity index is 1.29. The van der Waals surface area contributed by atoms with Crippen LogP contribution in [0.15, 0.2) is 66.0 Å². The van der Waals surface area contributed by atoms with Crippen molar-refractivity contribution < 1.29 is 19.1 Å². The van der Waals surface area contributed by atoms with E-state index >= 15 is 0 Å². The zero-order valence-corrected chi connectivity index (χ0v) is 21.2. The highest BCUT2D eigenvalue weighted by molar-refractivity contribution is 7.10. The molecule has 0 spiro atoms. The van der Waals surface area contributed by atoms with Crippen molar-refractivity contribution in [1.82, 2.24) is 15.5 Å². The summed E-state index contributed by atoms with van der Waals surface area (Å²) >= 11 is 1.41. The van der Waals surface area contributed by atoms with E-state index in [1.54, 1.807) is 35.7 Å². The molecule has 1 saturated heterocycles. The molecule has 3 amide bonds. The fraction of sp³-hybridized carbons (Fsp3) is 0.259. The molecule has 0 saturated carbocycles. The van der Waals surface area contributed by atoms with Gasteiger partial charge in [0.2, 0.25) is 11.8 Å². The van der Waals surface area contributed by atoms with Gasteiger partial charge < -0.3 is 26.0 Å². The zero-order chi connectivity index (χ0) is 26.4. The third-order valence-corrected chi connectivity index (χ3v) is 6.97. The molecule has 192 valence electrons. The molecular formula is C27H29N5O4S. The number of thiophene rings is 1. The maximum absolute atomic E-state index is 12.9. The molecule has 2 atom stereocenters. The summed E-state index contributed by atoms with van der Waals surface area (Å²) in [7, 11) is 0. The van der Waals surface area contributed by atoms with Crippen molar-refractivity contribution in [2.75, 3.05) is 13.1 Å². The van der Waals surface area contributed by atoms with E-state index in [0.29, 0.717) is 42.1 Å². The Bertz CT molecular complexity index is 1280. The van der Waals surface area contributed by atoms with Crippen molar-refractivity contribution in [1.29, 1.82) is 5.41 Å². The average molecular weight is 520 g/mol. The molecule has 1 aliphatic heterocycles. The molecular weight excluding hydrogens is 490 g/mol. The molecule has 0 bridgehead atoms. The number of nitrogens with one attached hydrogen (secondary N) is 3. The Morgan fingerprint density at radius 1 is 1.05 bits per heavy atom. The van der Waals surface area contributed by atoms with Gasteiger partial charge in [0.1, 0.15) is 23.4 Å². The van der Waals surface area contributed by atoms with Crippen LogP contribution in [0.1, 0.15) is 34.1 Å². The van der Waals surface area contributed by atoms with Crippen LogP contribution in [0.3, 0.4) is 0 Å². The highest BCUT2D eigenvalue weighted by Gasteiger charge is 2.37. The normalized spacial score (nSPS) is 16.7. The molecule has 10 heteroatoms. The Hall–Kier alpha value is -4.18. The lowest BCUT2D eigenvalue weighted by Gasteiger charge is -2.24. The molecule has 2 aromatic carbocycles. The van der Waals surface area contributed by atoms with Gasteiger partial charge in [-0.25, -0.2) is 0 Å². The third kappa shape index (κ3) is 6.73. The number of hydrogen-bond acceptors (Lipinski definition) is 6. The third-order valence-electron chi connectivity index (χ3n) is 6.03. The smallest absolute Gasteiger partial charge is 0.251 e. The molecule has 5 N–H and O–H groups in total. The topological polar surface area (TPSA) is 138 Å². The van der Waals surface area contributed by atoms with Gasteiger partial charge in [-0.1, -0.05) is 25.1 Å². The summed E-state index contributed by atoms with van der Waals surface area (Å²) in [5.74, 6) is 0.505. The number of hydrogen-bond donors (Lipinski definition) is 4. The number of carbonyl (C=O) groups excluding carboxylic acids is 3. The lowest BCUT2D eigenvalue weighted by Crippen LogP contribution is -2.48. The van der Waals surface area contributed by atoms with Gasteiger partial charge in [0.15, 0.2) is 0 Å². The molecule has 4 rings (SSSR count). The zero-order valence-electron chi connectivity index (χ0n) is 20.4. The van der Waals surface area contributed by atoms with Crippen molar-refractivity contribution in [3.63, 3.8) is 0 Å². The number of nitrogens with zero attached hydrogens (tertiary/aromatic N) is 1. The van der Waals surface area contributed by atoms with E-state index in [-0.39, 0.29) is 36.0 Å². The standard InChI is InChI=1S/C27H29N5O4S/c1-17-11-23(27(35)30-13-22-12-19(16-37-22)25(28)29)32(15-17)24(33)14-31-26(34)18-7-9-21(10-8-18)36-20-5-3-2-4-6-20/h2-10,12,16-17,23H,11,13-15H2,1H3,(H3,28,29)(H,30,35)(H,31,34)/t17-,23-/m0/s1. The highest BCUT2D eigenvalue weighted by atomic mass is 32.1. The lowest BCUT2D eigenvalue weighted by molar-refractivity contribution is -0.137. The number of nitrogens with two attached hydrogens (primary N) is 1. The minimum atomic E-state index is -0.596. The molecule has 1 aliphatic rings. The number of benzene rings is 2. The predicted molar refractivity (Wildman–Crippen MR) is 142 cm³/mol. The quantitative estimate of drug-likeness (QED) is 0.254. The summed E-state index contributed by atoms with van der Waals surface area (Å²) in [5.41, 5.74) is 6.52. The maximum atomic E-state index is 12.9. The van der Waals surface area contributed by atoms with E-state index in [2.05, 4.69) is 10.6 Å². The fourth-order valence-corrected chi connectivity index (χ4v) is 4.96. The molecule has 1 aromatic heterocycles. The molecule has 9 nitrogen and oxygen atoms in total. The van der Waals surface area contributed by atoms with Crippen molar-refractivity contribution >= 4 is 34.9 Å². The van der Waals surface area contributed by atoms with Crippen molar-refractivity contribution in [3.8, 4) is 11.5 Å². The van der Waals surface area contributed by atoms with Gasteiger partial charge in [-0.3, -0.25) is 19.8 Å². The van der Waals surface area contributed by atoms with Crippen molar-refractivity contribution in [2.24, 2.45) is 11.7 Å². The fourth-order valence-electron chi connectivity index (χ4n) is 4.14. The van der Waals surface area contributed by atoms with Gasteiger partial charge >= 0.3 is 0 Å². The number of amides is 3. The van der Waals surface area contributed by atoms with Crippen LogP contribution in [-0.2, 0) is 16.1 Å². The second kappa shape index (κ2) is 11.7. The molecule has 3 aromatic rings. The number of likely N-dealkylation sites (tertiary alicyclic amines) is 1. The van der Waals surface area contributed by atoms with Gasteiger partial charge in [-0.05, 0) is 54.8 Å². The predicted octanol–water partition coefficient (Wildman–Crippen LogP) is 3.11. The van der Waals surface area contributed by atoms with Gasteiger partial charge in [-0.2, -0.15) is 0 Å². The van der Waals surface area contributed by atoms with Crippen LogP contribution in [-0.4, -0.2) is 47.6 Å². The second-order valence-corrected chi connectivity index (χ2v) is 9.95. The Morgan fingerprint density at radius 3 is 2.43 bits per heavy atom. The molecule has 0 unspecified atom stereocenters. The van der Waals surface area contributed by atoms with E-state index in [0.717, 1.165) is 4.88 Å². The SMILES string of the molecule is C[C@H]1C[C@@H](C(=O)NCc2cc(C(=N)N)cs2)N(C(=O)CNC(=O)c2ccc(Oc3ccccc3)cc2)C1. The number of ether oxygens (including phenoxy) is 1. The minimum Gasteiger partial charge on any atom is -0.457 e. The lowest BCUT2D eigenvalue weighted by atomic mass is 10.1. The van der Waals surface area contributed by atoms with Crippen LogP contribution in [0, 0.1) is 11.3 Å². The van der Waals surface area contributed by atoms with Gasteiger partial charge in [0, 0.05) is 27.9 Å². The largest absolute Gasteiger partial charge is 0.457 e. The van der Waals surface area contributed by atoms with E-state index in [1.807, 2.05) is 37.3 Å². The molecule has 0 radical (unpaired) electrons. The van der Waals surface area contributed by atoms with Crippen LogP contribution < -0.4 is 21.1 Å². The Kier molecular flexibility index (Phi) is 8.19. The summed E-state index contributed by atoms with van der Waals surface area (Å²) < 4.78 is 5.74. The summed E-state index contributed by atoms with van der Waals surface area (Å²) in [6.45, 7) is 2.53. The Morgan fingerprint density at radius 2 is 1.76 bits per heavy atom. The van der Waals surface area contributed by atoms with Crippen LogP contribution in [0.2, 0.25) is 0 Å². The first kappa shape index (κ1) is 25.9. The number of para-hydroxylation sites is 1. The number of amidine groups is 1. The van der Waals surface area contributed by atoms with Crippen LogP contribution in [0.25, 0.3) is 0 Å². The van der Waals surface area contributed by atoms with Crippen LogP contribution in [0.5, 0.6) is 11.5 Å². The first-order valence-electron chi connectivity index (χ1n) is 11.9. The maximum Gasteiger partial charge on any atom is 0.251 e. The molecule has 1 fully saturated rings. The molecule has 37 heavy (non-hydrogen) atoms. The molecule has 0 aliphatic carbocycles. The molecule has 2 heterocycles. The number of nitrogen functional groups attached to an aromatic ring is 1. The minimum absolute atomic E-state index is 0.0197. The summed E-state index contributed by atoms with van der Waals surface area (Å²) in [5, 5.41) is 14.8. The van der Waals surface area contributed by atoms with Crippen molar-refractivity contribution in [3.05, 3.63) is 82.0 Å². The van der Waals surface area contributed by atoms with E-state index in [1.165, 1.54) is 16.2 Å². The Labute approximate surface area is 219 Å². The number of carbonyl (C=O) groups is 3. The average Bonchev–Trinajstić information content (AvgIpc) is 3.54. The summed E-state index contributed by atoms with van der Waals surface area (Å²) in [6.07, 6.45) is 0.553. The van der Waals surface area contributed by atoms with Crippen LogP contribution in [0.4, 0.5) is 0 Å². The number of rotatable bonds is 9. The van der Waals surface area contributed by atoms with E-state index < -0.39 is 6.04 Å². The van der Waals surface area contributed by atoms with Gasteiger partial charge in [0.25, 0.3) is 5.91 Å². The first-order valence-corrected chi connectivity index (χ1v) is 12.8. The summed E-state index contributed by atoms with van der Waals surface area (Å²) in [6, 6.07) is 17.1. The van der Waals surface area contributed by atoms with Crippen LogP contribution >= 0.6 is 11.3 Å².